The van der Waals surface area contributed by atoms with Gasteiger partial charge in [0.15, 0.2) is 0 Å². The molecule has 0 spiro atoms. The minimum absolute atomic E-state index is 0.0167. The van der Waals surface area contributed by atoms with Crippen molar-refractivity contribution in [2.24, 2.45) is 17.8 Å². The van der Waals surface area contributed by atoms with E-state index in [0.717, 1.165) is 483 Å². The quantitative estimate of drug-likeness (QED) is 0.0312. The molecule has 1 fully saturated rings. The average Bonchev–Trinajstić information content (AvgIpc) is 0.816. The van der Waals surface area contributed by atoms with Crippen LogP contribution in [0.1, 0.15) is 624 Å². The number of esters is 9. The topological polar surface area (TPSA) is 246 Å². The number of carbonyl (C=O) groups is 9. The molecular weight excluding hydrogens is 1840 g/mol. The number of ether oxygens (including phenoxy) is 9. The molecule has 1 saturated carbocycles. The Morgan fingerprint density at radius 3 is 0.442 bits per heavy atom. The minimum Gasteiger partial charge on any atom is -0.462 e. The molecule has 0 aromatic heterocycles. The molecule has 21 nitrogen and oxygen atoms in total. The Bertz CT molecular complexity index is 2620. The molecule has 0 aromatic carbocycles. The van der Waals surface area contributed by atoms with Crippen LogP contribution >= 0.6 is 0 Å². The molecule has 0 saturated heterocycles. The van der Waals surface area contributed by atoms with Gasteiger partial charge in [0, 0.05) is 58.2 Å². The average molecular weight is 2080 g/mol. The third-order valence-electron chi connectivity index (χ3n) is 31.2. The highest BCUT2D eigenvalue weighted by atomic mass is 16.6. The SMILES string of the molecule is CCCCCC(CC)OC(=O)CCCCCCCCN(CCCCCCCCC(=O)OC(CC)CCCCC)CCC(CC)OC(=O)C1CC(C(=O)OC(CC)CCN(CCCCCCCCC(=O)OC(CC)CCCCC)CCCCCCCCC(=O)OC(CC)CCCCC)CC(C(=O)OC(CC)CCN(CCCCCCCCC(=O)OC(CC)CCCCC)CCCCCCCCC(=O)OC(CC)CCCCC)C1. The van der Waals surface area contributed by atoms with Gasteiger partial charge in [-0.25, -0.2) is 0 Å². The third kappa shape index (κ3) is 80.6. The van der Waals surface area contributed by atoms with Crippen molar-refractivity contribution in [1.82, 2.24) is 14.7 Å². The summed E-state index contributed by atoms with van der Waals surface area (Å²) >= 11 is 0. The first-order valence-electron chi connectivity index (χ1n) is 63.5. The molecule has 9 atom stereocenters. The van der Waals surface area contributed by atoms with Crippen LogP contribution in [-0.2, 0) is 85.8 Å². The summed E-state index contributed by atoms with van der Waals surface area (Å²) in [6.45, 7) is 40.0. The van der Waals surface area contributed by atoms with Gasteiger partial charge in [-0.1, -0.05) is 335 Å². The van der Waals surface area contributed by atoms with Crippen LogP contribution in [0.15, 0.2) is 0 Å². The number of hydrogen-bond acceptors (Lipinski definition) is 21. The van der Waals surface area contributed by atoms with Gasteiger partial charge in [-0.3, -0.25) is 43.2 Å². The number of unbranched alkanes of at least 4 members (excludes halogenated alkanes) is 42. The molecule has 147 heavy (non-hydrogen) atoms. The second kappa shape index (κ2) is 100. The molecule has 1 rings (SSSR count). The first kappa shape index (κ1) is 140. The smallest absolute Gasteiger partial charge is 0.309 e. The van der Waals surface area contributed by atoms with Crippen LogP contribution in [0.2, 0.25) is 0 Å². The molecule has 1 aliphatic carbocycles. The molecule has 0 bridgehead atoms. The molecule has 0 N–H and O–H groups in total. The van der Waals surface area contributed by atoms with Crippen LogP contribution in [0.4, 0.5) is 0 Å². The van der Waals surface area contributed by atoms with Gasteiger partial charge in [0.2, 0.25) is 0 Å². The second-order valence-corrected chi connectivity index (χ2v) is 44.4. The lowest BCUT2D eigenvalue weighted by molar-refractivity contribution is -0.168. The van der Waals surface area contributed by atoms with Gasteiger partial charge in [0.25, 0.3) is 0 Å². The molecule has 0 heterocycles. The molecule has 1 aliphatic rings. The number of rotatable bonds is 108. The highest BCUT2D eigenvalue weighted by Crippen LogP contribution is 2.38. The number of carbonyl (C=O) groups excluding carboxylic acids is 9. The van der Waals surface area contributed by atoms with Crippen molar-refractivity contribution in [3.63, 3.8) is 0 Å². The van der Waals surface area contributed by atoms with E-state index in [1.807, 2.05) is 0 Å². The monoisotopic (exact) mass is 2080 g/mol. The van der Waals surface area contributed by atoms with Gasteiger partial charge in [0.1, 0.15) is 54.9 Å². The summed E-state index contributed by atoms with van der Waals surface area (Å²) < 4.78 is 55.2. The Balaban J connectivity index is 3.67. The van der Waals surface area contributed by atoms with Crippen LogP contribution in [0.25, 0.3) is 0 Å². The van der Waals surface area contributed by atoms with Crippen molar-refractivity contribution >= 4 is 53.7 Å². The largest absolute Gasteiger partial charge is 0.462 e. The summed E-state index contributed by atoms with van der Waals surface area (Å²) in [4.78, 5) is 130. The normalized spacial score (nSPS) is 15.7. The summed E-state index contributed by atoms with van der Waals surface area (Å²) in [7, 11) is 0. The molecular formula is C126H237N3O18. The summed E-state index contributed by atoms with van der Waals surface area (Å²) in [5.74, 6) is -3.64. The van der Waals surface area contributed by atoms with Gasteiger partial charge in [-0.15, -0.1) is 0 Å². The predicted octanol–water partition coefficient (Wildman–Crippen LogP) is 33.9. The fourth-order valence-electron chi connectivity index (χ4n) is 20.9. The van der Waals surface area contributed by atoms with Crippen LogP contribution in [0.5, 0.6) is 0 Å². The van der Waals surface area contributed by atoms with Gasteiger partial charge in [-0.05, 0) is 290 Å². The Labute approximate surface area is 904 Å². The van der Waals surface area contributed by atoms with Crippen LogP contribution in [0, 0.1) is 17.8 Å². The lowest BCUT2D eigenvalue weighted by atomic mass is 9.75. The molecule has 0 aromatic rings. The van der Waals surface area contributed by atoms with E-state index in [4.69, 9.17) is 42.6 Å². The van der Waals surface area contributed by atoms with Gasteiger partial charge in [0.05, 0.1) is 17.8 Å². The lowest BCUT2D eigenvalue weighted by Crippen LogP contribution is -2.40. The first-order valence-corrected chi connectivity index (χ1v) is 63.5. The standard InChI is InChI=1S/C126H237N3O18/c1-16-31-61-79-109(22-7)139-118(130)85-67-49-37-43-55-73-94-127(95-74-56-44-38-50-68-86-119(131)140-110(23-8)80-62-32-17-2)100-91-115(28-13)145-124(136)106-103-107(125(137)146-116(29-14)92-101-128(96-75-57-45-39-51-69-87-120(132)141-111(24-9)81-63-33-18-3)97-76-58-46-40-52-70-88-121(133)142-112(25-10)82-64-34-19-4)105-108(104-106)126(138)147-117(30-15)93-102-129(98-77-59-47-41-53-71-89-122(134)143-113(26-11)83-65-35-20-5)99-78-60-48-42-54-72-90-123(135)144-114(27-12)84-66-36-21-6/h106-117H,16-105H2,1-15H3. The van der Waals surface area contributed by atoms with E-state index in [1.54, 1.807) is 0 Å². The molecule has 21 heteroatoms. The van der Waals surface area contributed by atoms with Crippen molar-refractivity contribution < 1.29 is 85.8 Å². The van der Waals surface area contributed by atoms with Gasteiger partial charge < -0.3 is 57.3 Å². The summed E-state index contributed by atoms with van der Waals surface area (Å²) in [6.07, 6.45) is 74.5. The Morgan fingerprint density at radius 1 is 0.163 bits per heavy atom. The lowest BCUT2D eigenvalue weighted by Gasteiger charge is -2.34. The van der Waals surface area contributed by atoms with E-state index in [0.29, 0.717) is 77.0 Å². The molecule has 0 radical (unpaired) electrons. The fraction of sp³-hybridized carbons (Fsp3) is 0.929. The van der Waals surface area contributed by atoms with Crippen molar-refractivity contribution in [3.8, 4) is 0 Å². The molecule has 864 valence electrons. The summed E-state index contributed by atoms with van der Waals surface area (Å²) in [6, 6.07) is 0. The van der Waals surface area contributed by atoms with Crippen LogP contribution in [-0.4, -0.2) is 182 Å². The van der Waals surface area contributed by atoms with E-state index in [-0.39, 0.29) is 128 Å². The van der Waals surface area contributed by atoms with Crippen molar-refractivity contribution in [1.29, 1.82) is 0 Å². The van der Waals surface area contributed by atoms with Crippen molar-refractivity contribution in [2.75, 3.05) is 58.9 Å². The van der Waals surface area contributed by atoms with E-state index >= 15 is 14.4 Å². The van der Waals surface area contributed by atoms with E-state index in [9.17, 15) is 28.8 Å². The maximum Gasteiger partial charge on any atom is 0.309 e. The van der Waals surface area contributed by atoms with Gasteiger partial charge >= 0.3 is 53.7 Å². The summed E-state index contributed by atoms with van der Waals surface area (Å²) in [5.41, 5.74) is 0. The maximum atomic E-state index is 15.2. The zero-order valence-corrected chi connectivity index (χ0v) is 98.8. The van der Waals surface area contributed by atoms with Crippen molar-refractivity contribution in [2.45, 2.75) is 679 Å². The minimum atomic E-state index is -0.718. The van der Waals surface area contributed by atoms with E-state index in [2.05, 4.69) is 119 Å². The van der Waals surface area contributed by atoms with E-state index in [1.165, 1.54) is 0 Å². The molecule has 9 unspecified atom stereocenters. The first-order chi connectivity index (χ1) is 71.6. The molecule has 0 aliphatic heterocycles. The third-order valence-corrected chi connectivity index (χ3v) is 31.2. The predicted molar refractivity (Wildman–Crippen MR) is 608 cm³/mol. The molecule has 0 amide bonds. The Kier molecular flexibility index (Phi) is 95.7. The maximum absolute atomic E-state index is 15.2. The second-order valence-electron chi connectivity index (χ2n) is 44.4. The Morgan fingerprint density at radius 2 is 0.299 bits per heavy atom. The van der Waals surface area contributed by atoms with Crippen molar-refractivity contribution in [3.05, 3.63) is 0 Å². The number of nitrogens with zero attached hydrogens (tertiary/aromatic N) is 3. The highest BCUT2D eigenvalue weighted by Gasteiger charge is 2.43. The fourth-order valence-corrected chi connectivity index (χ4v) is 20.9. The van der Waals surface area contributed by atoms with Crippen LogP contribution in [0.3, 0.4) is 0 Å². The highest BCUT2D eigenvalue weighted by molar-refractivity contribution is 5.81. The zero-order valence-electron chi connectivity index (χ0n) is 98.8. The summed E-state index contributed by atoms with van der Waals surface area (Å²) in [5, 5.41) is 0. The zero-order chi connectivity index (χ0) is 108. The van der Waals surface area contributed by atoms with Gasteiger partial charge in [-0.2, -0.15) is 0 Å². The van der Waals surface area contributed by atoms with Crippen LogP contribution < -0.4 is 0 Å². The number of hydrogen-bond donors (Lipinski definition) is 0. The Hall–Kier alpha value is -4.89. The van der Waals surface area contributed by atoms with E-state index < -0.39 is 17.8 Å².